The molecule has 0 spiro atoms. The van der Waals surface area contributed by atoms with E-state index >= 15 is 0 Å². The number of nitrogens with zero attached hydrogens (tertiary/aromatic N) is 6. The Balaban J connectivity index is 1.54. The first kappa shape index (κ1) is 18.4. The minimum atomic E-state index is -0.409. The molecule has 0 saturated carbocycles. The molecule has 9 heteroatoms. The fourth-order valence-electron chi connectivity index (χ4n) is 3.03. The van der Waals surface area contributed by atoms with Crippen LogP contribution in [-0.2, 0) is 18.4 Å². The standard InChI is InChI=1S/C20H19N7O2/c1-14-18(20(29)27(25(14)2)16-11-7-4-8-12-16)21-17(28)13-26-23-19(22-24-26)15-9-5-3-6-10-15/h3-12H,13H2,1-2H3,(H,21,28). The lowest BCUT2D eigenvalue weighted by Crippen LogP contribution is -2.25. The third-order valence-electron chi connectivity index (χ3n) is 4.59. The van der Waals surface area contributed by atoms with Crippen LogP contribution in [0.1, 0.15) is 5.69 Å². The van der Waals surface area contributed by atoms with Crippen LogP contribution in [0.3, 0.4) is 0 Å². The molecule has 2 aromatic heterocycles. The molecule has 4 rings (SSSR count). The van der Waals surface area contributed by atoms with Gasteiger partial charge in [-0.25, -0.2) is 4.68 Å². The highest BCUT2D eigenvalue weighted by molar-refractivity contribution is 5.90. The molecule has 29 heavy (non-hydrogen) atoms. The van der Waals surface area contributed by atoms with Gasteiger partial charge in [-0.2, -0.15) is 4.80 Å². The van der Waals surface area contributed by atoms with Crippen LogP contribution in [0.2, 0.25) is 0 Å². The summed E-state index contributed by atoms with van der Waals surface area (Å²) in [6, 6.07) is 18.6. The monoisotopic (exact) mass is 389 g/mol. The van der Waals surface area contributed by atoms with E-state index in [1.54, 1.807) is 18.7 Å². The van der Waals surface area contributed by atoms with Crippen LogP contribution in [0.4, 0.5) is 5.69 Å². The summed E-state index contributed by atoms with van der Waals surface area (Å²) in [7, 11) is 1.77. The topological polar surface area (TPSA) is 99.6 Å². The SMILES string of the molecule is Cc1c(NC(=O)Cn2nnc(-c3ccccc3)n2)c(=O)n(-c2ccccc2)n1C. The Morgan fingerprint density at radius 1 is 1.03 bits per heavy atom. The highest BCUT2D eigenvalue weighted by Gasteiger charge is 2.19. The molecule has 2 aromatic carbocycles. The van der Waals surface area contributed by atoms with Crippen LogP contribution < -0.4 is 10.9 Å². The zero-order chi connectivity index (χ0) is 20.4. The molecule has 0 unspecified atom stereocenters. The second-order valence-electron chi connectivity index (χ2n) is 6.49. The van der Waals surface area contributed by atoms with E-state index in [2.05, 4.69) is 20.7 Å². The van der Waals surface area contributed by atoms with Gasteiger partial charge in [-0.3, -0.25) is 14.3 Å². The van der Waals surface area contributed by atoms with Gasteiger partial charge in [0.25, 0.3) is 5.56 Å². The maximum atomic E-state index is 12.9. The van der Waals surface area contributed by atoms with Crippen molar-refractivity contribution < 1.29 is 4.79 Å². The van der Waals surface area contributed by atoms with E-state index in [0.717, 1.165) is 5.56 Å². The van der Waals surface area contributed by atoms with E-state index in [-0.39, 0.29) is 17.8 Å². The predicted molar refractivity (Wildman–Crippen MR) is 108 cm³/mol. The van der Waals surface area contributed by atoms with Crippen LogP contribution >= 0.6 is 0 Å². The van der Waals surface area contributed by atoms with Gasteiger partial charge in [-0.1, -0.05) is 48.5 Å². The third-order valence-corrected chi connectivity index (χ3v) is 4.59. The van der Waals surface area contributed by atoms with Crippen molar-refractivity contribution in [2.75, 3.05) is 5.32 Å². The first-order chi connectivity index (χ1) is 14.0. The van der Waals surface area contributed by atoms with Crippen LogP contribution in [0.5, 0.6) is 0 Å². The van der Waals surface area contributed by atoms with E-state index < -0.39 is 5.91 Å². The highest BCUT2D eigenvalue weighted by atomic mass is 16.2. The summed E-state index contributed by atoms with van der Waals surface area (Å²) in [6.07, 6.45) is 0. The lowest BCUT2D eigenvalue weighted by molar-refractivity contribution is -0.117. The average Bonchev–Trinajstić information content (AvgIpc) is 3.28. The molecule has 0 radical (unpaired) electrons. The number of hydrogen-bond acceptors (Lipinski definition) is 5. The summed E-state index contributed by atoms with van der Waals surface area (Å²) in [4.78, 5) is 26.6. The number of nitrogens with one attached hydrogen (secondary N) is 1. The minimum absolute atomic E-state index is 0.154. The van der Waals surface area contributed by atoms with Crippen molar-refractivity contribution in [3.05, 3.63) is 76.7 Å². The van der Waals surface area contributed by atoms with Gasteiger partial charge in [0.05, 0.1) is 11.4 Å². The molecule has 4 aromatic rings. The Morgan fingerprint density at radius 3 is 2.38 bits per heavy atom. The van der Waals surface area contributed by atoms with E-state index in [9.17, 15) is 9.59 Å². The maximum Gasteiger partial charge on any atom is 0.295 e. The molecule has 1 amide bonds. The van der Waals surface area contributed by atoms with E-state index in [1.165, 1.54) is 9.48 Å². The van der Waals surface area contributed by atoms with Crippen LogP contribution in [0, 0.1) is 6.92 Å². The van der Waals surface area contributed by atoms with Gasteiger partial charge in [0.1, 0.15) is 12.2 Å². The van der Waals surface area contributed by atoms with E-state index in [4.69, 9.17) is 0 Å². The number of hydrogen-bond donors (Lipinski definition) is 1. The molecule has 9 nitrogen and oxygen atoms in total. The number of rotatable bonds is 5. The van der Waals surface area contributed by atoms with Gasteiger partial charge in [-0.05, 0) is 24.3 Å². The van der Waals surface area contributed by atoms with Gasteiger partial charge in [0.2, 0.25) is 11.7 Å². The molecule has 146 valence electrons. The third kappa shape index (κ3) is 3.57. The van der Waals surface area contributed by atoms with Crippen molar-refractivity contribution in [2.24, 2.45) is 7.05 Å². The fraction of sp³-hybridized carbons (Fsp3) is 0.150. The Hall–Kier alpha value is -4.01. The molecule has 0 atom stereocenters. The summed E-state index contributed by atoms with van der Waals surface area (Å²) in [5.41, 5.74) is 2.09. The highest BCUT2D eigenvalue weighted by Crippen LogP contribution is 2.14. The number of tetrazole rings is 1. The zero-order valence-electron chi connectivity index (χ0n) is 16.0. The first-order valence-corrected chi connectivity index (χ1v) is 9.01. The molecule has 0 aliphatic rings. The average molecular weight is 389 g/mol. The predicted octanol–water partition coefficient (Wildman–Crippen LogP) is 1.78. The zero-order valence-corrected chi connectivity index (χ0v) is 16.0. The Kier molecular flexibility index (Phi) is 4.78. The normalized spacial score (nSPS) is 10.8. The molecule has 1 N–H and O–H groups in total. The lowest BCUT2D eigenvalue weighted by atomic mass is 10.2. The van der Waals surface area contributed by atoms with Crippen LogP contribution in [-0.4, -0.2) is 35.5 Å². The van der Waals surface area contributed by atoms with Crippen molar-refractivity contribution >= 4 is 11.6 Å². The second kappa shape index (κ2) is 7.55. The molecule has 0 saturated heterocycles. The Labute approximate surface area is 166 Å². The Morgan fingerprint density at radius 2 is 1.69 bits per heavy atom. The van der Waals surface area contributed by atoms with E-state index in [0.29, 0.717) is 17.2 Å². The number of benzene rings is 2. The molecule has 2 heterocycles. The summed E-state index contributed by atoms with van der Waals surface area (Å²) in [5, 5.41) is 14.8. The molecular weight excluding hydrogens is 370 g/mol. The van der Waals surface area contributed by atoms with E-state index in [1.807, 2.05) is 60.7 Å². The quantitative estimate of drug-likeness (QED) is 0.561. The first-order valence-electron chi connectivity index (χ1n) is 9.01. The van der Waals surface area contributed by atoms with Crippen LogP contribution in [0.15, 0.2) is 65.5 Å². The van der Waals surface area contributed by atoms with Crippen LogP contribution in [0.25, 0.3) is 17.1 Å². The fourth-order valence-corrected chi connectivity index (χ4v) is 3.03. The van der Waals surface area contributed by atoms with Gasteiger partial charge >= 0.3 is 0 Å². The Bertz CT molecular complexity index is 1210. The number of carbonyl (C=O) groups excluding carboxylic acids is 1. The van der Waals surface area contributed by atoms with Crippen molar-refractivity contribution in [2.45, 2.75) is 13.5 Å². The number of carbonyl (C=O) groups is 1. The van der Waals surface area contributed by atoms with Crippen molar-refractivity contribution in [3.63, 3.8) is 0 Å². The summed E-state index contributed by atoms with van der Waals surface area (Å²) >= 11 is 0. The number of amides is 1. The lowest BCUT2D eigenvalue weighted by Gasteiger charge is -2.07. The number of aromatic nitrogens is 6. The summed E-state index contributed by atoms with van der Waals surface area (Å²) in [6.45, 7) is 1.62. The molecule has 0 aliphatic heterocycles. The molecule has 0 fully saturated rings. The number of anilines is 1. The van der Waals surface area contributed by atoms with Gasteiger partial charge in [-0.15, -0.1) is 10.2 Å². The van der Waals surface area contributed by atoms with Crippen molar-refractivity contribution in [1.29, 1.82) is 0 Å². The van der Waals surface area contributed by atoms with Gasteiger partial charge in [0.15, 0.2) is 0 Å². The molecular formula is C20H19N7O2. The molecule has 0 bridgehead atoms. The summed E-state index contributed by atoms with van der Waals surface area (Å²) in [5.74, 6) is 0.0220. The molecule has 0 aliphatic carbocycles. The smallest absolute Gasteiger partial charge is 0.295 e. The largest absolute Gasteiger partial charge is 0.318 e. The second-order valence-corrected chi connectivity index (χ2v) is 6.49. The minimum Gasteiger partial charge on any atom is -0.318 e. The maximum absolute atomic E-state index is 12.9. The van der Waals surface area contributed by atoms with Gasteiger partial charge in [0, 0.05) is 12.6 Å². The van der Waals surface area contributed by atoms with Crippen molar-refractivity contribution in [1.82, 2.24) is 29.6 Å². The van der Waals surface area contributed by atoms with Crippen molar-refractivity contribution in [3.8, 4) is 17.1 Å². The number of para-hydroxylation sites is 1. The van der Waals surface area contributed by atoms with Gasteiger partial charge < -0.3 is 5.32 Å². The summed E-state index contributed by atoms with van der Waals surface area (Å²) < 4.78 is 3.21.